The molecule has 4 unspecified atom stereocenters. The molecule has 1 aromatic carbocycles. The van der Waals surface area contributed by atoms with Crippen LogP contribution < -0.4 is 16.4 Å². The summed E-state index contributed by atoms with van der Waals surface area (Å²) in [5.41, 5.74) is 6.31. The Kier molecular flexibility index (Phi) is 9.28. The Balaban J connectivity index is 2.01. The molecule has 0 spiro atoms. The number of aliphatic hydroxyl groups excluding tert-OH is 1. The lowest BCUT2D eigenvalue weighted by Crippen LogP contribution is -2.57. The molecule has 1 fully saturated rings. The van der Waals surface area contributed by atoms with Crippen molar-refractivity contribution in [1.29, 1.82) is 0 Å². The number of amides is 3. The largest absolute Gasteiger partial charge is 0.480 e. The van der Waals surface area contributed by atoms with E-state index in [1.807, 2.05) is 0 Å². The lowest BCUT2D eigenvalue weighted by molar-refractivity contribution is -0.143. The molecule has 0 aromatic heterocycles. The van der Waals surface area contributed by atoms with E-state index in [1.165, 1.54) is 4.90 Å². The molecule has 3 amide bonds. The summed E-state index contributed by atoms with van der Waals surface area (Å²) in [5, 5.41) is 23.5. The highest BCUT2D eigenvalue weighted by molar-refractivity contribution is 7.80. The first-order valence-electron chi connectivity index (χ1n) is 9.93. The van der Waals surface area contributed by atoms with Gasteiger partial charge in [-0.05, 0) is 18.4 Å². The Labute approximate surface area is 185 Å². The minimum Gasteiger partial charge on any atom is -0.480 e. The molecule has 6 N–H and O–H groups in total. The van der Waals surface area contributed by atoms with E-state index in [4.69, 9.17) is 10.8 Å². The van der Waals surface area contributed by atoms with Crippen LogP contribution in [0.3, 0.4) is 0 Å². The van der Waals surface area contributed by atoms with Crippen molar-refractivity contribution in [2.75, 3.05) is 18.9 Å². The molecule has 4 atom stereocenters. The van der Waals surface area contributed by atoms with E-state index in [0.717, 1.165) is 5.56 Å². The van der Waals surface area contributed by atoms with E-state index in [0.29, 0.717) is 19.4 Å². The number of hydrogen-bond acceptors (Lipinski definition) is 7. The van der Waals surface area contributed by atoms with Gasteiger partial charge >= 0.3 is 5.97 Å². The number of carboxylic acids is 1. The number of benzene rings is 1. The molecule has 1 saturated heterocycles. The number of carbonyl (C=O) groups is 4. The van der Waals surface area contributed by atoms with Crippen molar-refractivity contribution in [3.63, 3.8) is 0 Å². The molecule has 0 saturated carbocycles. The first kappa shape index (κ1) is 24.6. The van der Waals surface area contributed by atoms with Crippen molar-refractivity contribution in [3.8, 4) is 0 Å². The third-order valence-electron chi connectivity index (χ3n) is 5.07. The van der Waals surface area contributed by atoms with Gasteiger partial charge in [-0.1, -0.05) is 30.3 Å². The van der Waals surface area contributed by atoms with Gasteiger partial charge in [-0.15, -0.1) is 0 Å². The minimum absolute atomic E-state index is 0.0634. The molecule has 31 heavy (non-hydrogen) atoms. The lowest BCUT2D eigenvalue weighted by Gasteiger charge is -2.28. The van der Waals surface area contributed by atoms with E-state index in [-0.39, 0.29) is 12.2 Å². The van der Waals surface area contributed by atoms with E-state index >= 15 is 0 Å². The number of carboxylic acid groups (broad SMARTS) is 1. The molecule has 0 aliphatic carbocycles. The maximum absolute atomic E-state index is 12.7. The zero-order valence-corrected chi connectivity index (χ0v) is 17.8. The number of aliphatic hydroxyl groups is 1. The third kappa shape index (κ3) is 6.68. The highest BCUT2D eigenvalue weighted by Crippen LogP contribution is 2.18. The van der Waals surface area contributed by atoms with Gasteiger partial charge in [-0.3, -0.25) is 14.4 Å². The van der Waals surface area contributed by atoms with Gasteiger partial charge in [0.1, 0.15) is 24.2 Å². The fourth-order valence-corrected chi connectivity index (χ4v) is 3.64. The molecule has 11 heteroatoms. The first-order valence-corrected chi connectivity index (χ1v) is 10.6. The van der Waals surface area contributed by atoms with Crippen molar-refractivity contribution in [2.45, 2.75) is 43.4 Å². The Morgan fingerprint density at radius 3 is 2.42 bits per heavy atom. The zero-order chi connectivity index (χ0) is 23.0. The van der Waals surface area contributed by atoms with Crippen molar-refractivity contribution in [1.82, 2.24) is 15.5 Å². The number of rotatable bonds is 10. The highest BCUT2D eigenvalue weighted by Gasteiger charge is 2.37. The highest BCUT2D eigenvalue weighted by atomic mass is 32.1. The normalized spacial score (nSPS) is 18.7. The molecule has 10 nitrogen and oxygen atoms in total. The summed E-state index contributed by atoms with van der Waals surface area (Å²) in [7, 11) is 0. The molecule has 2 rings (SSSR count). The number of carbonyl (C=O) groups excluding carboxylic acids is 3. The van der Waals surface area contributed by atoms with Crippen molar-refractivity contribution in [3.05, 3.63) is 35.9 Å². The second-order valence-electron chi connectivity index (χ2n) is 7.31. The van der Waals surface area contributed by atoms with Gasteiger partial charge in [0.15, 0.2) is 0 Å². The van der Waals surface area contributed by atoms with Crippen molar-refractivity contribution in [2.24, 2.45) is 5.73 Å². The van der Waals surface area contributed by atoms with Gasteiger partial charge in [-0.2, -0.15) is 12.6 Å². The van der Waals surface area contributed by atoms with Gasteiger partial charge < -0.3 is 31.5 Å². The molecular formula is C20H28N4O6S. The second-order valence-corrected chi connectivity index (χ2v) is 7.68. The average molecular weight is 453 g/mol. The van der Waals surface area contributed by atoms with Gasteiger partial charge in [-0.25, -0.2) is 4.79 Å². The Bertz CT molecular complexity index is 793. The van der Waals surface area contributed by atoms with Gasteiger partial charge in [0.25, 0.3) is 0 Å². The van der Waals surface area contributed by atoms with Crippen LogP contribution >= 0.6 is 12.6 Å². The first-order chi connectivity index (χ1) is 14.8. The minimum atomic E-state index is -1.20. The summed E-state index contributed by atoms with van der Waals surface area (Å²) >= 11 is 4.10. The molecule has 1 aliphatic heterocycles. The second kappa shape index (κ2) is 11.7. The number of likely N-dealkylation sites (tertiary alicyclic amines) is 1. The molecule has 1 heterocycles. The predicted molar refractivity (Wildman–Crippen MR) is 115 cm³/mol. The topological polar surface area (TPSA) is 162 Å². The van der Waals surface area contributed by atoms with Crippen LogP contribution in [0.2, 0.25) is 0 Å². The fourth-order valence-electron chi connectivity index (χ4n) is 3.38. The van der Waals surface area contributed by atoms with Crippen LogP contribution in [-0.2, 0) is 25.6 Å². The number of hydrogen-bond donors (Lipinski definition) is 6. The van der Waals surface area contributed by atoms with E-state index in [1.54, 1.807) is 30.3 Å². The van der Waals surface area contributed by atoms with Crippen LogP contribution in [0.1, 0.15) is 18.4 Å². The quantitative estimate of drug-likeness (QED) is 0.236. The average Bonchev–Trinajstić information content (AvgIpc) is 3.26. The number of nitrogens with zero attached hydrogens (tertiary/aromatic N) is 1. The standard InChI is InChI=1S/C20H28N4O6S/c21-13(10-25)19(28)24-8-4-7-16(24)18(27)23-15(11-31)17(26)22-14(20(29)30)9-12-5-2-1-3-6-12/h1-3,5-6,13-16,25,31H,4,7-11,21H2,(H,22,26)(H,23,27)(H,29,30). The van der Waals surface area contributed by atoms with E-state index in [2.05, 4.69) is 23.3 Å². The van der Waals surface area contributed by atoms with E-state index < -0.39 is 54.5 Å². The lowest BCUT2D eigenvalue weighted by atomic mass is 10.1. The maximum atomic E-state index is 12.7. The summed E-state index contributed by atoms with van der Waals surface area (Å²) in [6.07, 6.45) is 1.05. The SMILES string of the molecule is NC(CO)C(=O)N1CCCC1C(=O)NC(CS)C(=O)NC(Cc1ccccc1)C(=O)O. The molecule has 0 radical (unpaired) electrons. The maximum Gasteiger partial charge on any atom is 0.326 e. The fraction of sp³-hybridized carbons (Fsp3) is 0.500. The van der Waals surface area contributed by atoms with Crippen LogP contribution in [0.4, 0.5) is 0 Å². The molecule has 0 bridgehead atoms. The van der Waals surface area contributed by atoms with Crippen LogP contribution in [0, 0.1) is 0 Å². The molecule has 170 valence electrons. The Morgan fingerprint density at radius 1 is 1.16 bits per heavy atom. The third-order valence-corrected chi connectivity index (χ3v) is 5.43. The summed E-state index contributed by atoms with van der Waals surface area (Å²) in [6, 6.07) is 4.64. The zero-order valence-electron chi connectivity index (χ0n) is 16.9. The monoisotopic (exact) mass is 452 g/mol. The van der Waals surface area contributed by atoms with E-state index in [9.17, 15) is 24.3 Å². The smallest absolute Gasteiger partial charge is 0.326 e. The van der Waals surface area contributed by atoms with Gasteiger partial charge in [0.2, 0.25) is 17.7 Å². The molecule has 1 aliphatic rings. The summed E-state index contributed by atoms with van der Waals surface area (Å²) in [6.45, 7) is -0.218. The Hall–Kier alpha value is -2.63. The number of nitrogens with two attached hydrogens (primary N) is 1. The van der Waals surface area contributed by atoms with Gasteiger partial charge in [0, 0.05) is 18.7 Å². The Morgan fingerprint density at radius 2 is 1.84 bits per heavy atom. The van der Waals surface area contributed by atoms with Crippen LogP contribution in [-0.4, -0.2) is 81.9 Å². The van der Waals surface area contributed by atoms with Crippen LogP contribution in [0.15, 0.2) is 30.3 Å². The number of nitrogens with one attached hydrogen (secondary N) is 2. The number of aliphatic carboxylic acids is 1. The van der Waals surface area contributed by atoms with Crippen LogP contribution in [0.5, 0.6) is 0 Å². The van der Waals surface area contributed by atoms with Crippen LogP contribution in [0.25, 0.3) is 0 Å². The molecule has 1 aromatic rings. The summed E-state index contributed by atoms with van der Waals surface area (Å²) in [5.74, 6) is -3.05. The molecular weight excluding hydrogens is 424 g/mol. The van der Waals surface area contributed by atoms with Crippen molar-refractivity contribution < 1.29 is 29.4 Å². The number of thiol groups is 1. The summed E-state index contributed by atoms with van der Waals surface area (Å²) in [4.78, 5) is 50.5. The summed E-state index contributed by atoms with van der Waals surface area (Å²) < 4.78 is 0. The van der Waals surface area contributed by atoms with Gasteiger partial charge in [0.05, 0.1) is 6.61 Å². The predicted octanol–water partition coefficient (Wildman–Crippen LogP) is -1.48. The van der Waals surface area contributed by atoms with Crippen molar-refractivity contribution >= 4 is 36.3 Å².